The number of aliphatic carboxylic acids is 1. The molecule has 1 atom stereocenters. The van der Waals surface area contributed by atoms with Crippen LogP contribution in [0.5, 0.6) is 0 Å². The first kappa shape index (κ1) is 8.27. The largest absolute Gasteiger partial charge is 0.480 e. The smallest absolute Gasteiger partial charge is 0.326 e. The fourth-order valence-electron chi connectivity index (χ4n) is 0.831. The molecule has 0 radical (unpaired) electrons. The summed E-state index contributed by atoms with van der Waals surface area (Å²) in [6.07, 6.45) is 2.87. The van der Waals surface area contributed by atoms with Crippen molar-refractivity contribution >= 4 is 5.97 Å². The summed E-state index contributed by atoms with van der Waals surface area (Å²) in [5.74, 6) is -0.866. The van der Waals surface area contributed by atoms with Gasteiger partial charge in [-0.3, -0.25) is 0 Å². The van der Waals surface area contributed by atoms with E-state index in [1.54, 1.807) is 6.07 Å². The van der Waals surface area contributed by atoms with Crippen LogP contribution in [-0.4, -0.2) is 20.6 Å². The Morgan fingerprint density at radius 2 is 2.58 bits per heavy atom. The molecule has 0 bridgehead atoms. The van der Waals surface area contributed by atoms with Crippen molar-refractivity contribution in [1.82, 2.24) is 9.55 Å². The second-order valence-electron chi connectivity index (χ2n) is 2.28. The van der Waals surface area contributed by atoms with E-state index < -0.39 is 12.0 Å². The van der Waals surface area contributed by atoms with Gasteiger partial charge >= 0.3 is 5.97 Å². The Morgan fingerprint density at radius 1 is 1.92 bits per heavy atom. The lowest BCUT2D eigenvalue weighted by atomic mass is 10.3. The van der Waals surface area contributed by atoms with E-state index in [0.29, 0.717) is 0 Å². The van der Waals surface area contributed by atoms with Crippen LogP contribution in [0.2, 0.25) is 0 Å². The van der Waals surface area contributed by atoms with Gasteiger partial charge in [0.15, 0.2) is 0 Å². The molecule has 0 unspecified atom stereocenters. The third kappa shape index (κ3) is 1.27. The standard InChI is InChI=1S/C7H7N3O2/c1-5(7(11)12)10-3-2-9-6(10)4-8/h2-3,5H,1H3,(H,11,12)/t5-/m1/s1. The number of rotatable bonds is 2. The number of aromatic nitrogens is 2. The topological polar surface area (TPSA) is 78.9 Å². The lowest BCUT2D eigenvalue weighted by Crippen LogP contribution is -2.16. The number of carboxylic acid groups (broad SMARTS) is 1. The van der Waals surface area contributed by atoms with Crippen molar-refractivity contribution in [3.63, 3.8) is 0 Å². The average molecular weight is 165 g/mol. The minimum absolute atomic E-state index is 0.116. The van der Waals surface area contributed by atoms with Crippen molar-refractivity contribution in [3.8, 4) is 6.07 Å². The van der Waals surface area contributed by atoms with Crippen molar-refractivity contribution < 1.29 is 9.90 Å². The highest BCUT2D eigenvalue weighted by atomic mass is 16.4. The summed E-state index contributed by atoms with van der Waals surface area (Å²) in [7, 11) is 0. The highest BCUT2D eigenvalue weighted by molar-refractivity contribution is 5.71. The lowest BCUT2D eigenvalue weighted by Gasteiger charge is -2.07. The molecule has 1 aromatic rings. The van der Waals surface area contributed by atoms with E-state index in [9.17, 15) is 4.79 Å². The van der Waals surface area contributed by atoms with Crippen LogP contribution in [-0.2, 0) is 4.79 Å². The van der Waals surface area contributed by atoms with E-state index in [1.165, 1.54) is 23.9 Å². The molecular weight excluding hydrogens is 158 g/mol. The molecule has 1 rings (SSSR count). The summed E-state index contributed by atoms with van der Waals surface area (Å²) in [5.41, 5.74) is 0. The first-order chi connectivity index (χ1) is 5.66. The van der Waals surface area contributed by atoms with Crippen LogP contribution in [0.3, 0.4) is 0 Å². The van der Waals surface area contributed by atoms with Gasteiger partial charge in [0.25, 0.3) is 0 Å². The van der Waals surface area contributed by atoms with Gasteiger partial charge < -0.3 is 9.67 Å². The average Bonchev–Trinajstić information content (AvgIpc) is 2.49. The minimum atomic E-state index is -0.982. The first-order valence-corrected chi connectivity index (χ1v) is 3.32. The van der Waals surface area contributed by atoms with Gasteiger partial charge in [0, 0.05) is 12.4 Å². The Bertz CT molecular complexity index is 337. The van der Waals surface area contributed by atoms with Crippen molar-refractivity contribution in [3.05, 3.63) is 18.2 Å². The fourth-order valence-corrected chi connectivity index (χ4v) is 0.831. The molecule has 0 aromatic carbocycles. The van der Waals surface area contributed by atoms with Gasteiger partial charge in [0.05, 0.1) is 0 Å². The van der Waals surface area contributed by atoms with E-state index in [2.05, 4.69) is 4.98 Å². The second-order valence-corrected chi connectivity index (χ2v) is 2.28. The zero-order valence-corrected chi connectivity index (χ0v) is 6.43. The van der Waals surface area contributed by atoms with Gasteiger partial charge in [-0.15, -0.1) is 0 Å². The van der Waals surface area contributed by atoms with Gasteiger partial charge in [0.1, 0.15) is 12.1 Å². The Hall–Kier alpha value is -1.83. The number of hydrogen-bond acceptors (Lipinski definition) is 3. The maximum Gasteiger partial charge on any atom is 0.326 e. The predicted octanol–water partition coefficient (Wildman–Crippen LogP) is 0.400. The third-order valence-electron chi connectivity index (χ3n) is 1.54. The van der Waals surface area contributed by atoms with Crippen molar-refractivity contribution in [1.29, 1.82) is 5.26 Å². The SMILES string of the molecule is C[C@H](C(=O)O)n1ccnc1C#N. The molecule has 0 aliphatic heterocycles. The summed E-state index contributed by atoms with van der Waals surface area (Å²) < 4.78 is 1.31. The number of imidazole rings is 1. The van der Waals surface area contributed by atoms with Crippen LogP contribution < -0.4 is 0 Å². The van der Waals surface area contributed by atoms with Crippen LogP contribution in [0.15, 0.2) is 12.4 Å². The van der Waals surface area contributed by atoms with Crippen LogP contribution >= 0.6 is 0 Å². The molecule has 12 heavy (non-hydrogen) atoms. The summed E-state index contributed by atoms with van der Waals surface area (Å²) in [6.45, 7) is 1.49. The lowest BCUT2D eigenvalue weighted by molar-refractivity contribution is -0.140. The molecule has 5 nitrogen and oxygen atoms in total. The van der Waals surface area contributed by atoms with Crippen LogP contribution in [0.25, 0.3) is 0 Å². The van der Waals surface area contributed by atoms with Crippen molar-refractivity contribution in [2.24, 2.45) is 0 Å². The van der Waals surface area contributed by atoms with Crippen molar-refractivity contribution in [2.75, 3.05) is 0 Å². The molecule has 0 amide bonds. The molecule has 1 aromatic heterocycles. The van der Waals surface area contributed by atoms with E-state index in [-0.39, 0.29) is 5.82 Å². The Balaban J connectivity index is 3.03. The number of nitrogens with zero attached hydrogens (tertiary/aromatic N) is 3. The number of carboxylic acids is 1. The van der Waals surface area contributed by atoms with Crippen LogP contribution in [0.4, 0.5) is 0 Å². The molecule has 0 fully saturated rings. The quantitative estimate of drug-likeness (QED) is 0.687. The van der Waals surface area contributed by atoms with Gasteiger partial charge in [-0.05, 0) is 6.92 Å². The van der Waals surface area contributed by atoms with E-state index in [0.717, 1.165) is 0 Å². The molecule has 1 heterocycles. The van der Waals surface area contributed by atoms with E-state index >= 15 is 0 Å². The third-order valence-corrected chi connectivity index (χ3v) is 1.54. The highest BCUT2D eigenvalue weighted by Gasteiger charge is 2.15. The minimum Gasteiger partial charge on any atom is -0.480 e. The monoisotopic (exact) mass is 165 g/mol. The molecule has 0 aliphatic carbocycles. The first-order valence-electron chi connectivity index (χ1n) is 3.32. The zero-order valence-electron chi connectivity index (χ0n) is 6.43. The van der Waals surface area contributed by atoms with Gasteiger partial charge in [-0.2, -0.15) is 5.26 Å². The molecule has 0 aliphatic rings. The molecule has 1 N–H and O–H groups in total. The Morgan fingerprint density at radius 3 is 3.08 bits per heavy atom. The molecule has 5 heteroatoms. The molecule has 0 saturated heterocycles. The maximum absolute atomic E-state index is 10.5. The summed E-state index contributed by atoms with van der Waals surface area (Å²) in [4.78, 5) is 14.2. The Labute approximate surface area is 68.9 Å². The normalized spacial score (nSPS) is 12.0. The van der Waals surface area contributed by atoms with E-state index in [1.807, 2.05) is 0 Å². The number of carbonyl (C=O) groups is 1. The highest BCUT2D eigenvalue weighted by Crippen LogP contribution is 2.07. The molecule has 0 saturated carbocycles. The summed E-state index contributed by atoms with van der Waals surface area (Å²) >= 11 is 0. The molecular formula is C7H7N3O2. The summed E-state index contributed by atoms with van der Waals surface area (Å²) in [5, 5.41) is 17.1. The Kier molecular flexibility index (Phi) is 2.10. The zero-order chi connectivity index (χ0) is 9.14. The van der Waals surface area contributed by atoms with Crippen molar-refractivity contribution in [2.45, 2.75) is 13.0 Å². The second kappa shape index (κ2) is 3.05. The van der Waals surface area contributed by atoms with Gasteiger partial charge in [0.2, 0.25) is 5.82 Å². The van der Waals surface area contributed by atoms with E-state index in [4.69, 9.17) is 10.4 Å². The fraction of sp³-hybridized carbons (Fsp3) is 0.286. The molecule has 0 spiro atoms. The number of nitriles is 1. The summed E-state index contributed by atoms with van der Waals surface area (Å²) in [6, 6.07) is 1.05. The van der Waals surface area contributed by atoms with Gasteiger partial charge in [-0.25, -0.2) is 9.78 Å². The van der Waals surface area contributed by atoms with Crippen LogP contribution in [0.1, 0.15) is 18.8 Å². The maximum atomic E-state index is 10.5. The van der Waals surface area contributed by atoms with Crippen LogP contribution in [0, 0.1) is 11.3 Å². The van der Waals surface area contributed by atoms with Gasteiger partial charge in [-0.1, -0.05) is 0 Å². The number of hydrogen-bond donors (Lipinski definition) is 1. The molecule has 62 valence electrons. The predicted molar refractivity (Wildman–Crippen MR) is 39.3 cm³/mol.